The Kier molecular flexibility index (Phi) is 8.41. The van der Waals surface area contributed by atoms with Crippen molar-refractivity contribution in [3.63, 3.8) is 0 Å². The third-order valence-electron chi connectivity index (χ3n) is 8.46. The number of hydrogen-bond donors (Lipinski definition) is 0. The number of rotatable bonds is 7. The highest BCUT2D eigenvalue weighted by Gasteiger charge is 2.50. The van der Waals surface area contributed by atoms with Gasteiger partial charge in [0.15, 0.2) is 0 Å². The van der Waals surface area contributed by atoms with E-state index < -0.39 is 5.60 Å². The maximum atomic E-state index is 12.4. The average Bonchev–Trinajstić information content (AvgIpc) is 3.38. The Balaban J connectivity index is 1.47. The van der Waals surface area contributed by atoms with E-state index in [1.165, 1.54) is 17.6 Å². The summed E-state index contributed by atoms with van der Waals surface area (Å²) in [4.78, 5) is 16.3. The van der Waals surface area contributed by atoms with E-state index in [2.05, 4.69) is 42.7 Å². The zero-order valence-corrected chi connectivity index (χ0v) is 24.1. The Bertz CT molecular complexity index is 973. The molecule has 2 saturated heterocycles. The average molecular weight is 517 g/mol. The third kappa shape index (κ3) is 6.58. The minimum atomic E-state index is -0.492. The van der Waals surface area contributed by atoms with E-state index in [1.54, 1.807) is 11.9 Å². The first kappa shape index (κ1) is 28.1. The van der Waals surface area contributed by atoms with Crippen LogP contribution in [0.5, 0.6) is 0 Å². The summed E-state index contributed by atoms with van der Waals surface area (Å²) in [6.07, 6.45) is 12.0. The molecule has 1 amide bonds. The maximum absolute atomic E-state index is 12.4. The van der Waals surface area contributed by atoms with Crippen molar-refractivity contribution in [3.8, 4) is 0 Å². The molecule has 3 heterocycles. The van der Waals surface area contributed by atoms with Gasteiger partial charge < -0.3 is 24.0 Å². The molecular formula is C29H48N4O4. The monoisotopic (exact) mass is 516 g/mol. The van der Waals surface area contributed by atoms with Crippen LogP contribution >= 0.6 is 0 Å². The van der Waals surface area contributed by atoms with E-state index in [-0.39, 0.29) is 23.3 Å². The summed E-state index contributed by atoms with van der Waals surface area (Å²) in [7, 11) is 3.90. The van der Waals surface area contributed by atoms with Crippen LogP contribution in [0.3, 0.4) is 0 Å². The van der Waals surface area contributed by atoms with Crippen LogP contribution in [-0.2, 0) is 20.8 Å². The fourth-order valence-electron chi connectivity index (χ4n) is 5.86. The molecule has 8 nitrogen and oxygen atoms in total. The standard InChI is InChI=1S/C29H48N4O4/c1-27(2,3)37-26(34)32(7)17-16-31(6)20-23-21-33(24-10-8-9-18-35-24)30-25(23)22-11-13-29(14-12-22)15-19-36-28(29,4)5/h11,21,24H,8-10,12-20H2,1-7H3/t24-,29?/m1/s1. The smallest absolute Gasteiger partial charge is 0.410 e. The summed E-state index contributed by atoms with van der Waals surface area (Å²) in [5.74, 6) is 0. The number of hydrogen-bond acceptors (Lipinski definition) is 6. The molecule has 0 aromatic carbocycles. The molecule has 1 aliphatic carbocycles. The van der Waals surface area contributed by atoms with Crippen molar-refractivity contribution in [3.05, 3.63) is 23.5 Å². The first-order valence-electron chi connectivity index (χ1n) is 14.0. The van der Waals surface area contributed by atoms with Crippen molar-refractivity contribution in [1.29, 1.82) is 0 Å². The van der Waals surface area contributed by atoms with Crippen LogP contribution in [0.1, 0.15) is 97.0 Å². The van der Waals surface area contributed by atoms with Gasteiger partial charge in [-0.3, -0.25) is 0 Å². The summed E-state index contributed by atoms with van der Waals surface area (Å²) >= 11 is 0. The Hall–Kier alpha value is -1.90. The largest absolute Gasteiger partial charge is 0.444 e. The number of carbonyl (C=O) groups is 1. The van der Waals surface area contributed by atoms with Gasteiger partial charge in [0.2, 0.25) is 0 Å². The Morgan fingerprint density at radius 2 is 1.97 bits per heavy atom. The van der Waals surface area contributed by atoms with Gasteiger partial charge in [-0.15, -0.1) is 0 Å². The number of allylic oxidation sites excluding steroid dienone is 2. The molecule has 0 N–H and O–H groups in total. The molecule has 0 radical (unpaired) electrons. The molecule has 1 spiro atoms. The van der Waals surface area contributed by atoms with Crippen LogP contribution in [0.4, 0.5) is 4.79 Å². The van der Waals surface area contributed by atoms with Crippen molar-refractivity contribution < 1.29 is 19.0 Å². The minimum Gasteiger partial charge on any atom is -0.444 e. The highest BCUT2D eigenvalue weighted by atomic mass is 16.6. The van der Waals surface area contributed by atoms with Crippen LogP contribution in [0.2, 0.25) is 0 Å². The fourth-order valence-corrected chi connectivity index (χ4v) is 5.86. The lowest BCUT2D eigenvalue weighted by Crippen LogP contribution is -2.40. The minimum absolute atomic E-state index is 0.0163. The molecule has 1 aromatic heterocycles. The van der Waals surface area contributed by atoms with Gasteiger partial charge in [0.05, 0.1) is 11.3 Å². The Morgan fingerprint density at radius 3 is 2.57 bits per heavy atom. The van der Waals surface area contributed by atoms with E-state index in [0.29, 0.717) is 6.54 Å². The van der Waals surface area contributed by atoms with Crippen molar-refractivity contribution in [2.45, 2.75) is 104 Å². The molecule has 0 bridgehead atoms. The molecule has 3 aliphatic rings. The quantitative estimate of drug-likeness (QED) is 0.468. The number of amides is 1. The van der Waals surface area contributed by atoms with E-state index in [9.17, 15) is 4.79 Å². The van der Waals surface area contributed by atoms with E-state index >= 15 is 0 Å². The predicted molar refractivity (Wildman–Crippen MR) is 145 cm³/mol. The molecule has 2 fully saturated rings. The van der Waals surface area contributed by atoms with Gasteiger partial charge in [-0.1, -0.05) is 6.08 Å². The second-order valence-electron chi connectivity index (χ2n) is 12.8. The van der Waals surface area contributed by atoms with Gasteiger partial charge in [0, 0.05) is 57.1 Å². The first-order valence-corrected chi connectivity index (χ1v) is 14.0. The van der Waals surface area contributed by atoms with Crippen molar-refractivity contribution in [1.82, 2.24) is 19.6 Å². The summed E-state index contributed by atoms with van der Waals surface area (Å²) < 4.78 is 19.7. The lowest BCUT2D eigenvalue weighted by molar-refractivity contribution is -0.0396. The second kappa shape index (κ2) is 11.1. The van der Waals surface area contributed by atoms with Crippen LogP contribution in [0, 0.1) is 5.41 Å². The number of nitrogens with zero attached hydrogens (tertiary/aromatic N) is 4. The van der Waals surface area contributed by atoms with Crippen molar-refractivity contribution >= 4 is 11.7 Å². The van der Waals surface area contributed by atoms with E-state index in [1.807, 2.05) is 20.8 Å². The first-order chi connectivity index (χ1) is 17.4. The van der Waals surface area contributed by atoms with Gasteiger partial charge in [0.1, 0.15) is 11.8 Å². The molecule has 37 heavy (non-hydrogen) atoms. The number of likely N-dealkylation sites (N-methyl/N-ethyl adjacent to an activating group) is 2. The van der Waals surface area contributed by atoms with E-state index in [0.717, 1.165) is 70.5 Å². The van der Waals surface area contributed by atoms with Crippen molar-refractivity contribution in [2.75, 3.05) is 40.4 Å². The van der Waals surface area contributed by atoms with Crippen LogP contribution in [-0.4, -0.2) is 77.3 Å². The van der Waals surface area contributed by atoms with E-state index in [4.69, 9.17) is 19.3 Å². The zero-order chi connectivity index (χ0) is 26.8. The van der Waals surface area contributed by atoms with Crippen LogP contribution in [0.25, 0.3) is 5.57 Å². The molecule has 1 unspecified atom stereocenters. The zero-order valence-electron chi connectivity index (χ0n) is 24.1. The van der Waals surface area contributed by atoms with Crippen molar-refractivity contribution in [2.24, 2.45) is 5.41 Å². The Labute approximate surface area is 223 Å². The number of carbonyl (C=O) groups excluding carboxylic acids is 1. The van der Waals surface area contributed by atoms with Gasteiger partial charge in [-0.2, -0.15) is 5.10 Å². The van der Waals surface area contributed by atoms with Gasteiger partial charge in [0.25, 0.3) is 0 Å². The molecular weight excluding hydrogens is 468 g/mol. The predicted octanol–water partition coefficient (Wildman–Crippen LogP) is 5.63. The third-order valence-corrected chi connectivity index (χ3v) is 8.46. The highest BCUT2D eigenvalue weighted by Crippen LogP contribution is 2.53. The van der Waals surface area contributed by atoms with Crippen LogP contribution in [0.15, 0.2) is 12.3 Å². The SMILES string of the molecule is CN(CCN(C)C(=O)OC(C)(C)C)Cc1cn([C@H]2CCCCO2)nc1C1=CCC2(CCOC2(C)C)CC1. The summed E-state index contributed by atoms with van der Waals surface area (Å²) in [6, 6.07) is 0. The Morgan fingerprint density at radius 1 is 1.19 bits per heavy atom. The summed E-state index contributed by atoms with van der Waals surface area (Å²) in [6.45, 7) is 13.9. The number of aromatic nitrogens is 2. The normalized spacial score (nSPS) is 25.9. The summed E-state index contributed by atoms with van der Waals surface area (Å²) in [5.41, 5.74) is 3.34. The van der Waals surface area contributed by atoms with Gasteiger partial charge >= 0.3 is 6.09 Å². The molecule has 0 saturated carbocycles. The molecule has 2 aliphatic heterocycles. The second-order valence-corrected chi connectivity index (χ2v) is 12.8. The summed E-state index contributed by atoms with van der Waals surface area (Å²) in [5, 5.41) is 5.11. The van der Waals surface area contributed by atoms with Gasteiger partial charge in [-0.25, -0.2) is 9.48 Å². The lowest BCUT2D eigenvalue weighted by Gasteiger charge is -2.42. The molecule has 8 heteroatoms. The molecule has 4 rings (SSSR count). The lowest BCUT2D eigenvalue weighted by atomic mass is 9.64. The van der Waals surface area contributed by atoms with Gasteiger partial charge in [-0.05, 0) is 92.2 Å². The molecule has 1 aromatic rings. The fraction of sp³-hybridized carbons (Fsp3) is 0.793. The molecule has 208 valence electrons. The van der Waals surface area contributed by atoms with Crippen LogP contribution < -0.4 is 0 Å². The molecule has 2 atom stereocenters. The highest BCUT2D eigenvalue weighted by molar-refractivity contribution is 5.68. The topological polar surface area (TPSA) is 69.1 Å². The number of ether oxygens (including phenoxy) is 3. The maximum Gasteiger partial charge on any atom is 0.410 e.